The molecule has 0 spiro atoms. The zero-order chi connectivity index (χ0) is 10.5. The van der Waals surface area contributed by atoms with E-state index in [4.69, 9.17) is 23.2 Å². The van der Waals surface area contributed by atoms with Gasteiger partial charge in [-0.3, -0.25) is 0 Å². The number of rotatable bonds is 0. The van der Waals surface area contributed by atoms with E-state index in [0.29, 0.717) is 10.0 Å². The molecule has 0 aliphatic rings. The van der Waals surface area contributed by atoms with Crippen LogP contribution in [0.15, 0.2) is 12.1 Å². The number of fused-ring (bicyclic) bond motifs is 1. The Morgan fingerprint density at radius 1 is 1.21 bits per heavy atom. The van der Waals surface area contributed by atoms with Crippen LogP contribution in [0, 0.1) is 6.92 Å². The molecule has 0 amide bonds. The van der Waals surface area contributed by atoms with Gasteiger partial charge in [0.1, 0.15) is 0 Å². The summed E-state index contributed by atoms with van der Waals surface area (Å²) >= 11 is 11.9. The van der Waals surface area contributed by atoms with Gasteiger partial charge in [-0.1, -0.05) is 23.2 Å². The van der Waals surface area contributed by atoms with E-state index in [1.54, 1.807) is 0 Å². The van der Waals surface area contributed by atoms with E-state index in [9.17, 15) is 0 Å². The predicted molar refractivity (Wildman–Crippen MR) is 58.9 cm³/mol. The summed E-state index contributed by atoms with van der Waals surface area (Å²) in [4.78, 5) is 0. The Morgan fingerprint density at radius 3 is 2.43 bits per heavy atom. The number of benzene rings is 1. The molecule has 74 valence electrons. The molecule has 1 aromatic heterocycles. The molecule has 2 rings (SSSR count). The maximum Gasteiger partial charge on any atom is 0.253 e. The number of halogens is 2. The number of hydrogen-bond acceptors (Lipinski definition) is 0. The predicted octanol–water partition coefficient (Wildman–Crippen LogP) is 2.62. The van der Waals surface area contributed by atoms with Gasteiger partial charge in [-0.2, -0.15) is 0 Å². The smallest absolute Gasteiger partial charge is 0.230 e. The van der Waals surface area contributed by atoms with Gasteiger partial charge in [-0.25, -0.2) is 9.13 Å². The van der Waals surface area contributed by atoms with Gasteiger partial charge in [-0.05, 0) is 0 Å². The van der Waals surface area contributed by atoms with Crippen LogP contribution in [0.3, 0.4) is 0 Å². The zero-order valence-electron chi connectivity index (χ0n) is 8.31. The average Bonchev–Trinajstić information content (AvgIpc) is 2.34. The van der Waals surface area contributed by atoms with Crippen LogP contribution in [0.4, 0.5) is 0 Å². The van der Waals surface area contributed by atoms with Crippen molar-refractivity contribution < 1.29 is 4.57 Å². The van der Waals surface area contributed by atoms with Crippen LogP contribution in [0.2, 0.25) is 10.0 Å². The molecule has 14 heavy (non-hydrogen) atoms. The van der Waals surface area contributed by atoms with Gasteiger partial charge in [0.05, 0.1) is 24.1 Å². The van der Waals surface area contributed by atoms with Crippen LogP contribution in [-0.4, -0.2) is 4.57 Å². The SMILES string of the molecule is Cc1n(C)c2cc(Cl)c(Cl)cc2[n+]1C. The van der Waals surface area contributed by atoms with E-state index < -0.39 is 0 Å². The summed E-state index contributed by atoms with van der Waals surface area (Å²) in [5, 5.41) is 1.20. The molecule has 4 heteroatoms. The number of aromatic nitrogens is 2. The van der Waals surface area contributed by atoms with E-state index in [-0.39, 0.29) is 0 Å². The molecule has 0 unspecified atom stereocenters. The molecule has 0 aliphatic carbocycles. The normalized spacial score (nSPS) is 11.2. The lowest BCUT2D eigenvalue weighted by atomic mass is 10.3. The topological polar surface area (TPSA) is 8.81 Å². The lowest BCUT2D eigenvalue weighted by molar-refractivity contribution is -0.652. The highest BCUT2D eigenvalue weighted by atomic mass is 35.5. The molecule has 0 N–H and O–H groups in total. The van der Waals surface area contributed by atoms with Crippen LogP contribution in [0.25, 0.3) is 11.0 Å². The van der Waals surface area contributed by atoms with Crippen molar-refractivity contribution in [3.63, 3.8) is 0 Å². The van der Waals surface area contributed by atoms with E-state index >= 15 is 0 Å². The molecule has 0 saturated heterocycles. The summed E-state index contributed by atoms with van der Waals surface area (Å²) in [7, 11) is 4.03. The lowest BCUT2D eigenvalue weighted by Crippen LogP contribution is -2.30. The summed E-state index contributed by atoms with van der Waals surface area (Å²) in [6.07, 6.45) is 0. The van der Waals surface area contributed by atoms with Gasteiger partial charge in [0.25, 0.3) is 5.82 Å². The molecule has 1 heterocycles. The molecule has 0 saturated carbocycles. The highest BCUT2D eigenvalue weighted by Crippen LogP contribution is 2.26. The van der Waals surface area contributed by atoms with Crippen LogP contribution >= 0.6 is 23.2 Å². The summed E-state index contributed by atoms with van der Waals surface area (Å²) in [6, 6.07) is 3.79. The van der Waals surface area contributed by atoms with Gasteiger partial charge >= 0.3 is 0 Å². The van der Waals surface area contributed by atoms with Crippen molar-refractivity contribution >= 4 is 34.2 Å². The van der Waals surface area contributed by atoms with Crippen LogP contribution in [0.5, 0.6) is 0 Å². The summed E-state index contributed by atoms with van der Waals surface area (Å²) < 4.78 is 4.19. The first-order valence-electron chi connectivity index (χ1n) is 4.32. The van der Waals surface area contributed by atoms with Crippen LogP contribution < -0.4 is 4.57 Å². The minimum Gasteiger partial charge on any atom is -0.230 e. The Kier molecular flexibility index (Phi) is 2.20. The van der Waals surface area contributed by atoms with E-state index in [2.05, 4.69) is 16.1 Å². The summed E-state index contributed by atoms with van der Waals surface area (Å²) in [6.45, 7) is 2.06. The molecule has 2 aromatic rings. The molecule has 0 fully saturated rings. The number of aryl methyl sites for hydroxylation is 2. The molecule has 0 aliphatic heterocycles. The molecular weight excluding hydrogens is 219 g/mol. The Morgan fingerprint density at radius 2 is 1.79 bits per heavy atom. The first kappa shape index (κ1) is 9.81. The third kappa shape index (κ3) is 1.22. The number of hydrogen-bond donors (Lipinski definition) is 0. The fourth-order valence-corrected chi connectivity index (χ4v) is 1.95. The van der Waals surface area contributed by atoms with Crippen LogP contribution in [0.1, 0.15) is 5.82 Å². The Labute approximate surface area is 92.7 Å². The molecule has 0 radical (unpaired) electrons. The molecular formula is C10H11Cl2N2+. The second kappa shape index (κ2) is 3.14. The first-order valence-corrected chi connectivity index (χ1v) is 5.08. The van der Waals surface area contributed by atoms with Gasteiger partial charge in [0.15, 0.2) is 11.0 Å². The minimum absolute atomic E-state index is 0.598. The van der Waals surface area contributed by atoms with Gasteiger partial charge in [-0.15, -0.1) is 0 Å². The van der Waals surface area contributed by atoms with Crippen molar-refractivity contribution in [3.05, 3.63) is 28.0 Å². The third-order valence-corrected chi connectivity index (χ3v) is 3.43. The maximum absolute atomic E-state index is 5.97. The molecule has 0 bridgehead atoms. The van der Waals surface area contributed by atoms with Crippen molar-refractivity contribution in [2.45, 2.75) is 6.92 Å². The van der Waals surface area contributed by atoms with E-state index in [1.807, 2.05) is 26.2 Å². The Bertz CT molecular complexity index is 470. The quantitative estimate of drug-likeness (QED) is 0.615. The molecule has 1 aromatic carbocycles. The van der Waals surface area contributed by atoms with Crippen molar-refractivity contribution in [1.82, 2.24) is 4.57 Å². The number of imidazole rings is 1. The Hall–Kier alpha value is -0.730. The zero-order valence-corrected chi connectivity index (χ0v) is 9.82. The van der Waals surface area contributed by atoms with Crippen molar-refractivity contribution in [2.75, 3.05) is 0 Å². The van der Waals surface area contributed by atoms with Gasteiger partial charge in [0.2, 0.25) is 0 Å². The third-order valence-electron chi connectivity index (χ3n) is 2.71. The Balaban J connectivity index is 2.96. The average molecular weight is 230 g/mol. The standard InChI is InChI=1S/C10H11Cl2N2/c1-6-13(2)9-4-7(11)8(12)5-10(9)14(6)3/h4-5H,1-3H3/q+1. The largest absolute Gasteiger partial charge is 0.253 e. The molecule has 2 nitrogen and oxygen atoms in total. The van der Waals surface area contributed by atoms with Crippen molar-refractivity contribution in [3.8, 4) is 0 Å². The summed E-state index contributed by atoms with van der Waals surface area (Å²) in [5.41, 5.74) is 2.19. The molecule has 0 atom stereocenters. The monoisotopic (exact) mass is 229 g/mol. The van der Waals surface area contributed by atoms with E-state index in [0.717, 1.165) is 11.0 Å². The lowest BCUT2D eigenvalue weighted by Gasteiger charge is -1.93. The highest BCUT2D eigenvalue weighted by Gasteiger charge is 2.17. The number of nitrogens with zero attached hydrogens (tertiary/aromatic N) is 2. The first-order chi connectivity index (χ1) is 6.52. The van der Waals surface area contributed by atoms with Gasteiger partial charge in [0, 0.05) is 19.1 Å². The second-order valence-electron chi connectivity index (χ2n) is 3.42. The van der Waals surface area contributed by atoms with Gasteiger partial charge < -0.3 is 0 Å². The van der Waals surface area contributed by atoms with Crippen molar-refractivity contribution in [2.24, 2.45) is 14.1 Å². The van der Waals surface area contributed by atoms with Crippen molar-refractivity contribution in [1.29, 1.82) is 0 Å². The highest BCUT2D eigenvalue weighted by molar-refractivity contribution is 6.42. The fraction of sp³-hybridized carbons (Fsp3) is 0.300. The minimum atomic E-state index is 0.598. The summed E-state index contributed by atoms with van der Waals surface area (Å²) in [5.74, 6) is 1.17. The second-order valence-corrected chi connectivity index (χ2v) is 4.23. The van der Waals surface area contributed by atoms with E-state index in [1.165, 1.54) is 5.82 Å². The fourth-order valence-electron chi connectivity index (χ4n) is 1.64. The maximum atomic E-state index is 5.97. The van der Waals surface area contributed by atoms with Crippen LogP contribution in [-0.2, 0) is 14.1 Å².